The van der Waals surface area contributed by atoms with Gasteiger partial charge in [0.15, 0.2) is 5.78 Å². The van der Waals surface area contributed by atoms with Gasteiger partial charge >= 0.3 is 11.4 Å². The summed E-state index contributed by atoms with van der Waals surface area (Å²) in [5, 5.41) is 3.29. The molecule has 1 unspecified atom stereocenters. The zero-order chi connectivity index (χ0) is 23.5. The summed E-state index contributed by atoms with van der Waals surface area (Å²) < 4.78 is 10.5. The number of rotatable bonds is 4. The van der Waals surface area contributed by atoms with Gasteiger partial charge in [-0.15, -0.1) is 0 Å². The maximum atomic E-state index is 13.7. The molecule has 0 radical (unpaired) electrons. The van der Waals surface area contributed by atoms with Crippen LogP contribution in [0.4, 0.5) is 5.69 Å². The van der Waals surface area contributed by atoms with Gasteiger partial charge in [0.2, 0.25) is 0 Å². The second kappa shape index (κ2) is 7.37. The number of nitrogens with zero attached hydrogens (tertiary/aromatic N) is 3. The fourth-order valence-electron chi connectivity index (χ4n) is 4.78. The molecule has 0 amide bonds. The molecule has 1 atom stereocenters. The number of aromatic nitrogens is 3. The molecule has 0 aliphatic carbocycles. The van der Waals surface area contributed by atoms with E-state index in [0.29, 0.717) is 17.0 Å². The minimum Gasteiger partial charge on any atom is -0.483 e. The van der Waals surface area contributed by atoms with Crippen molar-refractivity contribution in [1.82, 2.24) is 13.9 Å². The first kappa shape index (κ1) is 21.1. The molecular weight excluding hydrogens is 420 g/mol. The molecule has 0 spiro atoms. The van der Waals surface area contributed by atoms with Crippen molar-refractivity contribution in [2.24, 2.45) is 0 Å². The molecule has 1 N–H and O–H groups in total. The summed E-state index contributed by atoms with van der Waals surface area (Å²) in [6, 6.07) is 11.9. The first-order valence-electron chi connectivity index (χ1n) is 11.1. The molecule has 0 bridgehead atoms. The number of hydrogen-bond acceptors (Lipinski definition) is 5. The summed E-state index contributed by atoms with van der Waals surface area (Å²) in [5.41, 5.74) is 2.18. The van der Waals surface area contributed by atoms with Crippen LogP contribution in [0.5, 0.6) is 5.75 Å². The van der Waals surface area contributed by atoms with Crippen LogP contribution >= 0.6 is 0 Å². The molecule has 0 saturated heterocycles. The van der Waals surface area contributed by atoms with Crippen molar-refractivity contribution in [2.45, 2.75) is 45.9 Å². The number of ketones is 1. The van der Waals surface area contributed by atoms with Crippen molar-refractivity contribution in [1.29, 1.82) is 0 Å². The van der Waals surface area contributed by atoms with Crippen LogP contribution in [0.15, 0.2) is 63.7 Å². The molecule has 2 aliphatic heterocycles. The normalized spacial score (nSPS) is 17.8. The molecule has 0 saturated carbocycles. The van der Waals surface area contributed by atoms with Gasteiger partial charge in [-0.1, -0.05) is 12.1 Å². The van der Waals surface area contributed by atoms with Gasteiger partial charge in [-0.05, 0) is 63.6 Å². The van der Waals surface area contributed by atoms with Gasteiger partial charge in [0.25, 0.3) is 0 Å². The highest BCUT2D eigenvalue weighted by molar-refractivity contribution is 5.94. The summed E-state index contributed by atoms with van der Waals surface area (Å²) >= 11 is 0. The number of carbonyl (C=O) groups excluding carboxylic acids is 1. The van der Waals surface area contributed by atoms with Crippen molar-refractivity contribution in [2.75, 3.05) is 11.9 Å². The number of anilines is 1. The second-order valence-corrected chi connectivity index (χ2v) is 8.89. The molecule has 8 nitrogen and oxygen atoms in total. The number of nitrogens with one attached hydrogen (secondary N) is 1. The van der Waals surface area contributed by atoms with E-state index in [9.17, 15) is 14.4 Å². The monoisotopic (exact) mass is 446 g/mol. The Bertz CT molecular complexity index is 1420. The largest absolute Gasteiger partial charge is 0.483 e. The van der Waals surface area contributed by atoms with E-state index in [0.717, 1.165) is 27.9 Å². The average Bonchev–Trinajstić information content (AvgIpc) is 3.03. The summed E-state index contributed by atoms with van der Waals surface area (Å²) in [5.74, 6) is 0.612. The van der Waals surface area contributed by atoms with Gasteiger partial charge in [0.05, 0.1) is 12.2 Å². The van der Waals surface area contributed by atoms with E-state index >= 15 is 0 Å². The fourth-order valence-corrected chi connectivity index (χ4v) is 4.78. The Labute approximate surface area is 190 Å². The number of Topliss-reactive ketones (excluding diaryl/α,β-unsaturated/α-hetero) is 1. The Morgan fingerprint density at radius 3 is 2.52 bits per heavy atom. The molecule has 8 heteroatoms. The van der Waals surface area contributed by atoms with Gasteiger partial charge in [-0.3, -0.25) is 4.79 Å². The van der Waals surface area contributed by atoms with E-state index in [1.165, 1.54) is 16.3 Å². The van der Waals surface area contributed by atoms with Crippen LogP contribution in [0, 0.1) is 0 Å². The molecule has 0 fully saturated rings. The third-order valence-corrected chi connectivity index (χ3v) is 6.36. The molecule has 1 aromatic heterocycles. The number of ether oxygens (including phenoxy) is 1. The van der Waals surface area contributed by atoms with Crippen LogP contribution in [-0.4, -0.2) is 31.9 Å². The maximum Gasteiger partial charge on any atom is 0.352 e. The van der Waals surface area contributed by atoms with Crippen molar-refractivity contribution in [3.05, 3.63) is 86.2 Å². The van der Waals surface area contributed by atoms with Crippen LogP contribution in [-0.2, 0) is 6.54 Å². The van der Waals surface area contributed by atoms with Crippen LogP contribution in [0.3, 0.4) is 0 Å². The zero-order valence-electron chi connectivity index (χ0n) is 19.1. The van der Waals surface area contributed by atoms with Crippen LogP contribution in [0.25, 0.3) is 5.69 Å². The standard InChI is InChI=1S/C25H26N4O4/c1-5-26-17-8-11-19-21(14-17)33-25(3,4)20-12-13-27-23(31)28(24(32)29(27)22(19)20)18-9-6-16(7-10-18)15(2)30/h6-12,14,22,26H,5,13H2,1-4H3. The molecule has 3 aromatic rings. The minimum atomic E-state index is -0.644. The van der Waals surface area contributed by atoms with E-state index in [1.807, 2.05) is 45.0 Å². The smallest absolute Gasteiger partial charge is 0.352 e. The predicted octanol–water partition coefficient (Wildman–Crippen LogP) is 3.14. The second-order valence-electron chi connectivity index (χ2n) is 8.89. The predicted molar refractivity (Wildman–Crippen MR) is 126 cm³/mol. The summed E-state index contributed by atoms with van der Waals surface area (Å²) in [4.78, 5) is 38.6. The fraction of sp³-hybridized carbons (Fsp3) is 0.320. The lowest BCUT2D eigenvalue weighted by Gasteiger charge is -2.42. The Hall–Kier alpha value is -3.81. The number of carbonyl (C=O) groups is 1. The van der Waals surface area contributed by atoms with Crippen molar-refractivity contribution >= 4 is 11.5 Å². The Morgan fingerprint density at radius 1 is 1.12 bits per heavy atom. The average molecular weight is 447 g/mol. The van der Waals surface area contributed by atoms with E-state index in [2.05, 4.69) is 5.32 Å². The van der Waals surface area contributed by atoms with Crippen LogP contribution in [0.2, 0.25) is 0 Å². The van der Waals surface area contributed by atoms with E-state index in [1.54, 1.807) is 24.3 Å². The van der Waals surface area contributed by atoms with Crippen molar-refractivity contribution < 1.29 is 9.53 Å². The Kier molecular flexibility index (Phi) is 4.70. The Balaban J connectivity index is 1.70. The molecule has 2 aliphatic rings. The van der Waals surface area contributed by atoms with Gasteiger partial charge in [0, 0.05) is 29.4 Å². The lowest BCUT2D eigenvalue weighted by Crippen LogP contribution is -2.46. The number of fused-ring (bicyclic) bond motifs is 5. The van der Waals surface area contributed by atoms with E-state index in [4.69, 9.17) is 4.74 Å². The first-order valence-corrected chi connectivity index (χ1v) is 11.1. The molecule has 3 heterocycles. The van der Waals surface area contributed by atoms with Crippen LogP contribution < -0.4 is 21.4 Å². The van der Waals surface area contributed by atoms with E-state index < -0.39 is 23.0 Å². The highest BCUT2D eigenvalue weighted by Gasteiger charge is 2.43. The van der Waals surface area contributed by atoms with Gasteiger partial charge < -0.3 is 10.1 Å². The van der Waals surface area contributed by atoms with Crippen molar-refractivity contribution in [3.63, 3.8) is 0 Å². The lowest BCUT2D eigenvalue weighted by atomic mass is 9.83. The maximum absolute atomic E-state index is 13.7. The highest BCUT2D eigenvalue weighted by atomic mass is 16.5. The zero-order valence-corrected chi connectivity index (χ0v) is 19.1. The molecule has 5 rings (SSSR count). The van der Waals surface area contributed by atoms with E-state index in [-0.39, 0.29) is 12.3 Å². The van der Waals surface area contributed by atoms with Gasteiger partial charge in [0.1, 0.15) is 17.4 Å². The quantitative estimate of drug-likeness (QED) is 0.492. The third kappa shape index (κ3) is 3.16. The molecular formula is C25H26N4O4. The van der Waals surface area contributed by atoms with Crippen molar-refractivity contribution in [3.8, 4) is 11.4 Å². The summed E-state index contributed by atoms with van der Waals surface area (Å²) in [7, 11) is 0. The molecule has 33 heavy (non-hydrogen) atoms. The number of allylic oxidation sites excluding steroid dienone is 1. The summed E-state index contributed by atoms with van der Waals surface area (Å²) in [6.45, 7) is 8.51. The van der Waals surface area contributed by atoms with Gasteiger partial charge in [-0.25, -0.2) is 23.5 Å². The summed E-state index contributed by atoms with van der Waals surface area (Å²) in [6.07, 6.45) is 1.98. The van der Waals surface area contributed by atoms with Crippen LogP contribution in [0.1, 0.15) is 49.7 Å². The SMILES string of the molecule is CCNc1ccc2c(c1)OC(C)(C)C1=CCn3c(=O)n(-c4ccc(C(C)=O)cc4)c(=O)n3C12. The Morgan fingerprint density at radius 2 is 1.85 bits per heavy atom. The molecule has 170 valence electrons. The number of hydrogen-bond donors (Lipinski definition) is 1. The third-order valence-electron chi connectivity index (χ3n) is 6.36. The van der Waals surface area contributed by atoms with Gasteiger partial charge in [-0.2, -0.15) is 0 Å². The lowest BCUT2D eigenvalue weighted by molar-refractivity contribution is 0.101. The minimum absolute atomic E-state index is 0.0754. The first-order chi connectivity index (χ1) is 15.7. The molecule has 2 aromatic carbocycles. The topological polar surface area (TPSA) is 87.3 Å². The number of benzene rings is 2. The highest BCUT2D eigenvalue weighted by Crippen LogP contribution is 2.46.